The fourth-order valence-corrected chi connectivity index (χ4v) is 22.6. The smallest absolute Gasteiger partial charge is 0.306 e. The molecule has 0 amide bonds. The largest absolute Gasteiger partial charge is 0.481 e. The summed E-state index contributed by atoms with van der Waals surface area (Å²) in [5, 5.41) is 51.3. The Morgan fingerprint density at radius 2 is 1.63 bits per heavy atom. The second-order valence-corrected chi connectivity index (χ2v) is 29.6. The molecule has 4 fully saturated rings. The first kappa shape index (κ1) is 53.3. The van der Waals surface area contributed by atoms with E-state index in [1.54, 1.807) is 16.7 Å². The van der Waals surface area contributed by atoms with Crippen LogP contribution in [0.2, 0.25) is 0 Å². The Morgan fingerprint density at radius 3 is 2.41 bits per heavy atom. The fraction of sp³-hybridized carbons (Fsp3) is 0.539. The molecule has 4 saturated carbocycles. The molecule has 6 aliphatic heterocycles. The van der Waals surface area contributed by atoms with Crippen LogP contribution in [0.5, 0.6) is 0 Å². The van der Waals surface area contributed by atoms with Crippen LogP contribution in [0.1, 0.15) is 148 Å². The molecule has 3 aromatic carbocycles. The second kappa shape index (κ2) is 19.6. The Balaban J connectivity index is 0.985. The maximum atomic E-state index is 14.6. The van der Waals surface area contributed by atoms with Gasteiger partial charge in [0, 0.05) is 46.6 Å². The standard InChI is InChI=1S/C76H90N2O4/c1-45(2)33-55-28-30-72(4)67(80)29-31-75-63-39-52-20-11-12-22-58(52)60-35-47-15-13-21-49(34-47)53-25-27-68(78-44-53)77-32-14-23-57(48-16-7-6-8-17-48)46(3)24-26-59(70(81)82)69-66(79)43-76-62-38-51-19-10-9-18-50(51)36-54(62)37-56(73(69,76)5)40-64(75)65(76)42-74(55,71(72)75)41-61(60)63/h9-13,15,18-22,25,27-28,34,36,38-39,41,45,48,54,56-57,59,62-63,66-67,69,71,77-80H,3,6-8,14,16-17,23-24,26,29-33,35,37,40,42-44H2,1-2,4-5H3,(H,81,82). The Labute approximate surface area is 487 Å². The van der Waals surface area contributed by atoms with Gasteiger partial charge >= 0.3 is 5.97 Å². The predicted octanol–water partition coefficient (Wildman–Crippen LogP) is 12.0. The molecule has 19 rings (SSSR count). The maximum Gasteiger partial charge on any atom is 0.306 e. The number of carbonyl (C=O) groups is 1. The Bertz CT molecular complexity index is 3610. The van der Waals surface area contributed by atoms with E-state index in [1.165, 1.54) is 86.4 Å². The average Bonchev–Trinajstić information content (AvgIpc) is 1.10. The van der Waals surface area contributed by atoms with Crippen molar-refractivity contribution in [1.82, 2.24) is 10.6 Å². The van der Waals surface area contributed by atoms with Gasteiger partial charge in [-0.15, -0.1) is 0 Å². The summed E-state index contributed by atoms with van der Waals surface area (Å²) in [6.07, 6.45) is 34.0. The molecule has 6 heterocycles. The van der Waals surface area contributed by atoms with Crippen molar-refractivity contribution in [2.24, 2.45) is 86.3 Å². The van der Waals surface area contributed by atoms with E-state index in [4.69, 9.17) is 6.58 Å². The van der Waals surface area contributed by atoms with Crippen LogP contribution >= 0.6 is 0 Å². The number of aliphatic carboxylic acids is 1. The van der Waals surface area contributed by atoms with E-state index in [0.717, 1.165) is 83.1 Å². The minimum atomic E-state index is -0.771. The van der Waals surface area contributed by atoms with Gasteiger partial charge in [0.05, 0.1) is 23.9 Å². The zero-order valence-electron chi connectivity index (χ0n) is 49.5. The van der Waals surface area contributed by atoms with Crippen molar-refractivity contribution in [1.29, 1.82) is 0 Å². The van der Waals surface area contributed by atoms with Gasteiger partial charge in [0.15, 0.2) is 0 Å². The predicted molar refractivity (Wildman–Crippen MR) is 331 cm³/mol. The molecule has 82 heavy (non-hydrogen) atoms. The van der Waals surface area contributed by atoms with Crippen LogP contribution in [0.4, 0.5) is 0 Å². The van der Waals surface area contributed by atoms with Gasteiger partial charge < -0.3 is 26.0 Å². The number of carboxylic acid groups (broad SMARTS) is 1. The lowest BCUT2D eigenvalue weighted by Crippen LogP contribution is -2.70. The van der Waals surface area contributed by atoms with Gasteiger partial charge in [-0.05, 0) is 198 Å². The van der Waals surface area contributed by atoms with Gasteiger partial charge in [-0.1, -0.05) is 185 Å². The van der Waals surface area contributed by atoms with Crippen LogP contribution in [-0.4, -0.2) is 46.6 Å². The van der Waals surface area contributed by atoms with Crippen LogP contribution in [0, 0.1) is 86.3 Å². The Morgan fingerprint density at radius 1 is 0.841 bits per heavy atom. The molecule has 15 bridgehead atoms. The van der Waals surface area contributed by atoms with Crippen molar-refractivity contribution >= 4 is 35.3 Å². The normalized spacial score (nSPS) is 39.8. The summed E-state index contributed by atoms with van der Waals surface area (Å²) in [6, 6.07) is 27.7. The number of hydrogen-bond donors (Lipinski definition) is 5. The summed E-state index contributed by atoms with van der Waals surface area (Å²) in [5.74, 6) is 1.37. The van der Waals surface area contributed by atoms with Gasteiger partial charge in [-0.25, -0.2) is 0 Å². The van der Waals surface area contributed by atoms with Crippen molar-refractivity contribution in [2.45, 2.75) is 155 Å². The second-order valence-electron chi connectivity index (χ2n) is 29.6. The van der Waals surface area contributed by atoms with Gasteiger partial charge in [-0.2, -0.15) is 0 Å². The highest BCUT2D eigenvalue weighted by molar-refractivity contribution is 5.78. The zero-order valence-corrected chi connectivity index (χ0v) is 49.5. The van der Waals surface area contributed by atoms with Crippen LogP contribution in [0.3, 0.4) is 0 Å². The minimum absolute atomic E-state index is 0.0889. The summed E-state index contributed by atoms with van der Waals surface area (Å²) in [4.78, 5) is 14.6. The molecule has 6 nitrogen and oxygen atoms in total. The molecular formula is C76H90N2O4. The number of benzene rings is 3. The van der Waals surface area contributed by atoms with Crippen molar-refractivity contribution in [3.05, 3.63) is 169 Å². The number of aliphatic hydroxyl groups is 2. The molecule has 5 N–H and O–H groups in total. The van der Waals surface area contributed by atoms with Crippen molar-refractivity contribution in [3.8, 4) is 0 Å². The first-order chi connectivity index (χ1) is 39.7. The van der Waals surface area contributed by atoms with E-state index >= 15 is 0 Å². The molecule has 16 aliphatic rings. The number of fused-ring (bicyclic) bond motifs is 3. The molecule has 15 atom stereocenters. The van der Waals surface area contributed by atoms with Crippen molar-refractivity contribution < 1.29 is 20.1 Å². The first-order valence-electron chi connectivity index (χ1n) is 32.7. The average molecular weight is 1100 g/mol. The quantitative estimate of drug-likeness (QED) is 0.167. The van der Waals surface area contributed by atoms with Gasteiger partial charge in [0.25, 0.3) is 0 Å². The number of rotatable bonds is 4. The number of hydrogen-bond acceptors (Lipinski definition) is 5. The summed E-state index contributed by atoms with van der Waals surface area (Å²) in [7, 11) is 0. The summed E-state index contributed by atoms with van der Waals surface area (Å²) >= 11 is 0. The van der Waals surface area contributed by atoms with Crippen LogP contribution in [-0.2, 0) is 11.2 Å². The van der Waals surface area contributed by atoms with Gasteiger partial charge in [0.2, 0.25) is 0 Å². The van der Waals surface area contributed by atoms with Gasteiger partial charge in [-0.3, -0.25) is 4.79 Å². The zero-order chi connectivity index (χ0) is 56.1. The number of allylic oxidation sites excluding steroid dienone is 9. The van der Waals surface area contributed by atoms with Crippen molar-refractivity contribution in [2.75, 3.05) is 13.1 Å². The van der Waals surface area contributed by atoms with Gasteiger partial charge in [0.1, 0.15) is 0 Å². The highest BCUT2D eigenvalue weighted by Gasteiger charge is 2.79. The molecule has 0 radical (unpaired) electrons. The molecule has 2 spiro atoms. The van der Waals surface area contributed by atoms with E-state index in [0.29, 0.717) is 37.0 Å². The maximum absolute atomic E-state index is 14.6. The first-order valence-corrected chi connectivity index (χ1v) is 32.7. The molecule has 15 unspecified atom stereocenters. The Hall–Kier alpha value is -5.43. The molecule has 6 heteroatoms. The fourth-order valence-electron chi connectivity index (χ4n) is 22.6. The molecule has 0 saturated heterocycles. The molecular weight excluding hydrogens is 1000 g/mol. The molecule has 0 aromatic heterocycles. The highest BCUT2D eigenvalue weighted by Crippen LogP contribution is 2.85. The topological polar surface area (TPSA) is 102 Å². The minimum Gasteiger partial charge on any atom is -0.481 e. The third kappa shape index (κ3) is 7.59. The summed E-state index contributed by atoms with van der Waals surface area (Å²) < 4.78 is 0. The Kier molecular flexibility index (Phi) is 12.7. The number of dihydropyridines is 1. The van der Waals surface area contributed by atoms with Crippen LogP contribution < -0.4 is 31.5 Å². The lowest BCUT2D eigenvalue weighted by atomic mass is 9.28. The third-order valence-electron chi connectivity index (χ3n) is 25.6. The molecule has 428 valence electrons. The van der Waals surface area contributed by atoms with Crippen molar-refractivity contribution in [3.63, 3.8) is 0 Å². The van der Waals surface area contributed by atoms with E-state index < -0.39 is 46.3 Å². The molecule has 10 aliphatic carbocycles. The summed E-state index contributed by atoms with van der Waals surface area (Å²) in [5.41, 5.74) is 10.8. The number of aliphatic hydroxyl groups excluding tert-OH is 2. The molecule has 3 aromatic rings. The highest BCUT2D eigenvalue weighted by atomic mass is 16.4. The van der Waals surface area contributed by atoms with E-state index in [9.17, 15) is 20.1 Å². The lowest BCUT2D eigenvalue weighted by Gasteiger charge is -2.76. The number of nitrogens with one attached hydrogen (secondary N) is 2. The summed E-state index contributed by atoms with van der Waals surface area (Å²) in [6.45, 7) is 16.4. The van der Waals surface area contributed by atoms with E-state index in [-0.39, 0.29) is 40.4 Å². The number of carboxylic acids is 1. The third-order valence-corrected chi connectivity index (χ3v) is 25.6. The van der Waals surface area contributed by atoms with Crippen LogP contribution in [0.25, 0.3) is 29.4 Å². The van der Waals surface area contributed by atoms with E-state index in [1.807, 2.05) is 0 Å². The lowest BCUT2D eigenvalue weighted by molar-refractivity contribution is -0.178. The SMILES string of the molecule is C=C1CCC(C(=O)O)C2C(O)CC34C5=C(CC(CC6C=c7ccccc7=CC63)C24C)C23CCC(O)C4(C)CC=C(CC(C)C)C(C=C6C(=c7ccccc7=CC62)Cc2cccc(c2)C2=CC=C(NCCCC1C1CCCCC1)NC2)(C5)C43. The monoisotopic (exact) mass is 1090 g/mol. The van der Waals surface area contributed by atoms with Crippen LogP contribution in [0.15, 0.2) is 137 Å². The van der Waals surface area contributed by atoms with E-state index in [2.05, 4.69) is 154 Å².